The largest absolute Gasteiger partial charge is 0.462 e. The van der Waals surface area contributed by atoms with Crippen molar-refractivity contribution in [3.63, 3.8) is 0 Å². The first-order valence-corrected chi connectivity index (χ1v) is 24.2. The van der Waals surface area contributed by atoms with Gasteiger partial charge in [0.25, 0.3) is 0 Å². The van der Waals surface area contributed by atoms with Crippen molar-refractivity contribution in [2.24, 2.45) is 0 Å². The zero-order chi connectivity index (χ0) is 43.0. The molecule has 0 saturated heterocycles. The Hall–Kier alpha value is -3.41. The minimum atomic E-state index is -0.797. The van der Waals surface area contributed by atoms with Gasteiger partial charge in [0.1, 0.15) is 13.2 Å². The van der Waals surface area contributed by atoms with Gasteiger partial charge in [-0.2, -0.15) is 0 Å². The quantitative estimate of drug-likeness (QED) is 0.0201. The highest BCUT2D eigenvalue weighted by molar-refractivity contribution is 5.71. The van der Waals surface area contributed by atoms with Gasteiger partial charge in [-0.25, -0.2) is 0 Å². The maximum Gasteiger partial charge on any atom is 0.306 e. The molecule has 59 heavy (non-hydrogen) atoms. The first kappa shape index (κ1) is 55.6. The maximum atomic E-state index is 12.7. The van der Waals surface area contributed by atoms with Gasteiger partial charge in [-0.3, -0.25) is 14.4 Å². The van der Waals surface area contributed by atoms with E-state index in [1.54, 1.807) is 0 Å². The van der Waals surface area contributed by atoms with Crippen LogP contribution in [0.2, 0.25) is 0 Å². The van der Waals surface area contributed by atoms with Crippen LogP contribution in [0, 0.1) is 0 Å². The Morgan fingerprint density at radius 3 is 1.08 bits per heavy atom. The van der Waals surface area contributed by atoms with E-state index < -0.39 is 6.10 Å². The number of carbonyl (C=O) groups excluding carboxylic acids is 3. The Kier molecular flexibility index (Phi) is 44.5. The van der Waals surface area contributed by atoms with Crippen molar-refractivity contribution in [1.29, 1.82) is 0 Å². The predicted molar refractivity (Wildman–Crippen MR) is 251 cm³/mol. The standard InChI is InChI=1S/C53H88O6/c1-4-7-10-13-16-19-22-25-26-29-31-34-37-40-43-46-52(55)58-49-50(59-53(56)47-44-41-38-35-32-28-24-21-18-15-12-9-6-3)48-57-51(54)45-42-39-36-33-30-27-23-20-17-14-11-8-5-2/h7,9-10,12-13,15-16,18-19,21-22,24,27,30,50H,4-6,8,11,14,17,20,23,25-26,28-29,31-49H2,1-3H3/b10-7-,12-9-,16-13-,18-15-,22-19-,24-21-,30-27-. The van der Waals surface area contributed by atoms with Crippen LogP contribution in [-0.4, -0.2) is 37.2 Å². The zero-order valence-corrected chi connectivity index (χ0v) is 38.2. The molecule has 0 heterocycles. The summed E-state index contributed by atoms with van der Waals surface area (Å²) in [5.74, 6) is -0.950. The predicted octanol–water partition coefficient (Wildman–Crippen LogP) is 15.6. The highest BCUT2D eigenvalue weighted by Crippen LogP contribution is 2.13. The summed E-state index contributed by atoms with van der Waals surface area (Å²) < 4.78 is 16.7. The monoisotopic (exact) mass is 821 g/mol. The van der Waals surface area contributed by atoms with Gasteiger partial charge in [-0.1, -0.05) is 196 Å². The first-order chi connectivity index (χ1) is 29.0. The van der Waals surface area contributed by atoms with Gasteiger partial charge in [0.15, 0.2) is 6.10 Å². The van der Waals surface area contributed by atoms with Crippen LogP contribution in [0.5, 0.6) is 0 Å². The molecule has 0 bridgehead atoms. The number of hydrogen-bond donors (Lipinski definition) is 0. The Balaban J connectivity index is 4.46. The second-order valence-electron chi connectivity index (χ2n) is 15.7. The molecule has 0 rings (SSSR count). The number of esters is 3. The average Bonchev–Trinajstić information content (AvgIpc) is 3.23. The normalized spacial score (nSPS) is 12.8. The molecule has 6 nitrogen and oxygen atoms in total. The Bertz CT molecular complexity index is 1170. The molecule has 0 radical (unpaired) electrons. The van der Waals surface area contributed by atoms with E-state index in [2.05, 4.69) is 106 Å². The zero-order valence-electron chi connectivity index (χ0n) is 38.2. The number of ether oxygens (including phenoxy) is 3. The summed E-state index contributed by atoms with van der Waals surface area (Å²) >= 11 is 0. The van der Waals surface area contributed by atoms with Gasteiger partial charge in [-0.15, -0.1) is 0 Å². The van der Waals surface area contributed by atoms with Crippen molar-refractivity contribution in [2.75, 3.05) is 13.2 Å². The van der Waals surface area contributed by atoms with E-state index in [0.717, 1.165) is 109 Å². The summed E-state index contributed by atoms with van der Waals surface area (Å²) in [7, 11) is 0. The molecule has 0 spiro atoms. The Morgan fingerprint density at radius 2 is 0.678 bits per heavy atom. The molecule has 0 aliphatic rings. The molecule has 1 unspecified atom stereocenters. The molecule has 336 valence electrons. The van der Waals surface area contributed by atoms with Crippen LogP contribution in [0.3, 0.4) is 0 Å². The van der Waals surface area contributed by atoms with Gasteiger partial charge >= 0.3 is 17.9 Å². The fourth-order valence-corrected chi connectivity index (χ4v) is 6.38. The van der Waals surface area contributed by atoms with E-state index in [1.807, 2.05) is 0 Å². The molecule has 0 aromatic rings. The molecule has 0 amide bonds. The average molecular weight is 821 g/mol. The molecule has 1 atom stereocenters. The third-order valence-corrected chi connectivity index (χ3v) is 9.99. The fourth-order valence-electron chi connectivity index (χ4n) is 6.38. The van der Waals surface area contributed by atoms with Crippen molar-refractivity contribution in [1.82, 2.24) is 0 Å². The van der Waals surface area contributed by atoms with E-state index in [0.29, 0.717) is 19.3 Å². The van der Waals surface area contributed by atoms with Gasteiger partial charge in [-0.05, 0) is 83.5 Å². The SMILES string of the molecule is CC\C=C/C=C\C=C/CCCCCCCCCC(=O)OCC(COC(=O)CCCCC/C=C\CCCCCCCC)OC(=O)CCCCCCC\C=C/C=C\C=C/CC. The van der Waals surface area contributed by atoms with Crippen LogP contribution in [0.15, 0.2) is 85.1 Å². The van der Waals surface area contributed by atoms with Gasteiger partial charge in [0.05, 0.1) is 0 Å². The van der Waals surface area contributed by atoms with Crippen molar-refractivity contribution >= 4 is 17.9 Å². The van der Waals surface area contributed by atoms with Crippen LogP contribution in [0.4, 0.5) is 0 Å². The highest BCUT2D eigenvalue weighted by Gasteiger charge is 2.19. The summed E-state index contributed by atoms with van der Waals surface area (Å²) in [5, 5.41) is 0. The number of unbranched alkanes of at least 4 members (excludes halogenated alkanes) is 21. The lowest BCUT2D eigenvalue weighted by atomic mass is 10.1. The number of carbonyl (C=O) groups is 3. The minimum Gasteiger partial charge on any atom is -0.462 e. The third kappa shape index (κ3) is 45.5. The second kappa shape index (κ2) is 47.3. The minimum absolute atomic E-state index is 0.0970. The van der Waals surface area contributed by atoms with Crippen LogP contribution < -0.4 is 0 Å². The van der Waals surface area contributed by atoms with Gasteiger partial charge < -0.3 is 14.2 Å². The Labute approximate surface area is 363 Å². The van der Waals surface area contributed by atoms with Crippen LogP contribution in [0.1, 0.15) is 213 Å². The molecule has 0 aliphatic carbocycles. The van der Waals surface area contributed by atoms with E-state index in [4.69, 9.17) is 14.2 Å². The lowest BCUT2D eigenvalue weighted by Gasteiger charge is -2.18. The second-order valence-corrected chi connectivity index (χ2v) is 15.7. The molecular weight excluding hydrogens is 733 g/mol. The molecule has 0 N–H and O–H groups in total. The smallest absolute Gasteiger partial charge is 0.306 e. The van der Waals surface area contributed by atoms with Gasteiger partial charge in [0, 0.05) is 19.3 Å². The molecule has 0 saturated carbocycles. The highest BCUT2D eigenvalue weighted by atomic mass is 16.6. The summed E-state index contributed by atoms with van der Waals surface area (Å²) in [4.78, 5) is 37.9. The molecule has 6 heteroatoms. The maximum absolute atomic E-state index is 12.7. The third-order valence-electron chi connectivity index (χ3n) is 9.99. The van der Waals surface area contributed by atoms with Crippen molar-refractivity contribution in [2.45, 2.75) is 219 Å². The van der Waals surface area contributed by atoms with E-state index in [-0.39, 0.29) is 31.1 Å². The van der Waals surface area contributed by atoms with Crippen LogP contribution >= 0.6 is 0 Å². The molecule has 0 aliphatic heterocycles. The number of allylic oxidation sites excluding steroid dienone is 14. The first-order valence-electron chi connectivity index (χ1n) is 24.2. The number of hydrogen-bond acceptors (Lipinski definition) is 6. The molecular formula is C53H88O6. The topological polar surface area (TPSA) is 78.9 Å². The lowest BCUT2D eigenvalue weighted by Crippen LogP contribution is -2.30. The molecule has 0 aromatic carbocycles. The van der Waals surface area contributed by atoms with Crippen molar-refractivity contribution < 1.29 is 28.6 Å². The fraction of sp³-hybridized carbons (Fsp3) is 0.679. The van der Waals surface area contributed by atoms with E-state index >= 15 is 0 Å². The van der Waals surface area contributed by atoms with E-state index in [1.165, 1.54) is 64.2 Å². The summed E-state index contributed by atoms with van der Waals surface area (Å²) in [5.41, 5.74) is 0. The van der Waals surface area contributed by atoms with E-state index in [9.17, 15) is 14.4 Å². The molecule has 0 fully saturated rings. The van der Waals surface area contributed by atoms with Crippen LogP contribution in [-0.2, 0) is 28.6 Å². The summed E-state index contributed by atoms with van der Waals surface area (Å²) in [6, 6.07) is 0. The van der Waals surface area contributed by atoms with Crippen molar-refractivity contribution in [3.8, 4) is 0 Å². The van der Waals surface area contributed by atoms with Gasteiger partial charge in [0.2, 0.25) is 0 Å². The Morgan fingerprint density at radius 1 is 0.356 bits per heavy atom. The molecule has 0 aromatic heterocycles. The van der Waals surface area contributed by atoms with Crippen molar-refractivity contribution in [3.05, 3.63) is 85.1 Å². The summed E-state index contributed by atoms with van der Waals surface area (Å²) in [6.45, 7) is 6.31. The lowest BCUT2D eigenvalue weighted by molar-refractivity contribution is -0.167. The summed E-state index contributed by atoms with van der Waals surface area (Å²) in [6.07, 6.45) is 59.9. The van der Waals surface area contributed by atoms with Crippen LogP contribution in [0.25, 0.3) is 0 Å². The number of rotatable bonds is 42.